The summed E-state index contributed by atoms with van der Waals surface area (Å²) in [5.41, 5.74) is 1.73. The van der Waals surface area contributed by atoms with Crippen molar-refractivity contribution < 1.29 is 18.0 Å². The van der Waals surface area contributed by atoms with Gasteiger partial charge in [-0.3, -0.25) is 13.9 Å². The Morgan fingerprint density at radius 1 is 0.925 bits per heavy atom. The number of sulfonamides is 1. The van der Waals surface area contributed by atoms with Crippen molar-refractivity contribution in [3.05, 3.63) is 94.0 Å². The summed E-state index contributed by atoms with van der Waals surface area (Å²) in [6, 6.07) is 19.1. The van der Waals surface area contributed by atoms with Crippen LogP contribution in [0.25, 0.3) is 0 Å². The molecule has 0 aliphatic heterocycles. The third-order valence-corrected chi connectivity index (χ3v) is 8.91. The molecule has 0 aromatic heterocycles. The smallest absolute Gasteiger partial charge is 0.264 e. The molecule has 3 rings (SSSR count). The Labute approximate surface area is 247 Å². The highest BCUT2D eigenvalue weighted by atomic mass is 35.5. The van der Waals surface area contributed by atoms with Crippen molar-refractivity contribution in [3.8, 4) is 0 Å². The Hall–Kier alpha value is -3.07. The van der Waals surface area contributed by atoms with Gasteiger partial charge in [-0.25, -0.2) is 8.42 Å². The lowest BCUT2D eigenvalue weighted by atomic mass is 10.1. The first kappa shape index (κ1) is 31.5. The molecule has 2 amide bonds. The first-order chi connectivity index (χ1) is 18.9. The van der Waals surface area contributed by atoms with Gasteiger partial charge < -0.3 is 10.2 Å². The van der Waals surface area contributed by atoms with Crippen LogP contribution in [0.3, 0.4) is 0 Å². The lowest BCUT2D eigenvalue weighted by Gasteiger charge is -2.33. The minimum absolute atomic E-state index is 0.0380. The van der Waals surface area contributed by atoms with E-state index in [0.29, 0.717) is 39.8 Å². The fourth-order valence-corrected chi connectivity index (χ4v) is 6.07. The molecule has 0 aliphatic carbocycles. The summed E-state index contributed by atoms with van der Waals surface area (Å²) < 4.78 is 28.9. The van der Waals surface area contributed by atoms with Gasteiger partial charge in [0.2, 0.25) is 11.8 Å². The molecular weight excluding hydrogens is 569 g/mol. The van der Waals surface area contributed by atoms with Crippen molar-refractivity contribution in [3.63, 3.8) is 0 Å². The van der Waals surface area contributed by atoms with E-state index < -0.39 is 28.5 Å². The molecule has 3 aromatic rings. The van der Waals surface area contributed by atoms with Crippen molar-refractivity contribution in [1.29, 1.82) is 0 Å². The van der Waals surface area contributed by atoms with E-state index >= 15 is 0 Å². The molecule has 40 heavy (non-hydrogen) atoms. The van der Waals surface area contributed by atoms with Crippen LogP contribution in [0.5, 0.6) is 0 Å². The largest absolute Gasteiger partial charge is 0.354 e. The van der Waals surface area contributed by atoms with Gasteiger partial charge in [0, 0.05) is 13.1 Å². The molecule has 0 radical (unpaired) electrons. The molecule has 0 bridgehead atoms. The Bertz CT molecular complexity index is 1430. The summed E-state index contributed by atoms with van der Waals surface area (Å²) in [5.74, 6) is -0.619. The van der Waals surface area contributed by atoms with Crippen LogP contribution in [0.1, 0.15) is 38.3 Å². The predicted octanol–water partition coefficient (Wildman–Crippen LogP) is 6.08. The van der Waals surface area contributed by atoms with Gasteiger partial charge in [-0.05, 0) is 60.7 Å². The van der Waals surface area contributed by atoms with Gasteiger partial charge in [-0.2, -0.15) is 0 Å². The number of amides is 2. The van der Waals surface area contributed by atoms with Gasteiger partial charge in [-0.15, -0.1) is 0 Å². The number of aryl methyl sites for hydroxylation is 1. The van der Waals surface area contributed by atoms with Crippen LogP contribution in [-0.2, 0) is 26.2 Å². The van der Waals surface area contributed by atoms with Crippen LogP contribution in [0, 0.1) is 12.8 Å². The summed E-state index contributed by atoms with van der Waals surface area (Å²) in [5, 5.41) is 3.60. The first-order valence-electron chi connectivity index (χ1n) is 13.1. The van der Waals surface area contributed by atoms with Crippen molar-refractivity contribution in [2.45, 2.75) is 51.6 Å². The predicted molar refractivity (Wildman–Crippen MR) is 161 cm³/mol. The molecule has 1 atom stereocenters. The Morgan fingerprint density at radius 3 is 2.17 bits per heavy atom. The summed E-state index contributed by atoms with van der Waals surface area (Å²) in [7, 11) is -4.12. The second kappa shape index (κ2) is 14.0. The van der Waals surface area contributed by atoms with Crippen molar-refractivity contribution in [2.75, 3.05) is 17.4 Å². The van der Waals surface area contributed by atoms with E-state index in [-0.39, 0.29) is 23.3 Å². The Kier molecular flexibility index (Phi) is 11.0. The third-order valence-electron chi connectivity index (χ3n) is 6.40. The number of carbonyl (C=O) groups excluding carboxylic acids is 2. The molecule has 7 nitrogen and oxygen atoms in total. The van der Waals surface area contributed by atoms with Crippen LogP contribution in [-0.4, -0.2) is 44.3 Å². The summed E-state index contributed by atoms with van der Waals surface area (Å²) >= 11 is 12.3. The second-order valence-electron chi connectivity index (χ2n) is 9.94. The highest BCUT2D eigenvalue weighted by molar-refractivity contribution is 7.92. The van der Waals surface area contributed by atoms with Crippen LogP contribution < -0.4 is 9.62 Å². The Morgan fingerprint density at radius 2 is 1.57 bits per heavy atom. The van der Waals surface area contributed by atoms with Gasteiger partial charge in [0.15, 0.2) is 0 Å². The van der Waals surface area contributed by atoms with Crippen LogP contribution in [0.2, 0.25) is 10.0 Å². The van der Waals surface area contributed by atoms with Gasteiger partial charge >= 0.3 is 0 Å². The number of benzene rings is 3. The maximum atomic E-state index is 14.1. The SMILES string of the molecule is CCC(C(=O)NCC(C)C)N(Cc1ccc(Cl)c(Cl)c1)C(=O)CN(c1ccccc1C)S(=O)(=O)c1ccccc1. The third kappa shape index (κ3) is 7.77. The lowest BCUT2D eigenvalue weighted by molar-refractivity contribution is -0.140. The van der Waals surface area contributed by atoms with Crippen LogP contribution >= 0.6 is 23.2 Å². The van der Waals surface area contributed by atoms with E-state index in [1.165, 1.54) is 17.0 Å². The molecule has 1 unspecified atom stereocenters. The fraction of sp³-hybridized carbons (Fsp3) is 0.333. The topological polar surface area (TPSA) is 86.8 Å². The minimum Gasteiger partial charge on any atom is -0.354 e. The molecule has 0 fully saturated rings. The number of anilines is 1. The molecule has 0 saturated carbocycles. The molecule has 0 saturated heterocycles. The van der Waals surface area contributed by atoms with E-state index in [4.69, 9.17) is 23.2 Å². The molecule has 1 N–H and O–H groups in total. The monoisotopic (exact) mass is 603 g/mol. The number of halogens is 2. The standard InChI is InChI=1S/C30H35Cl2N3O4S/c1-5-27(30(37)33-18-21(2)3)34(19-23-15-16-25(31)26(32)17-23)29(36)20-35(28-14-10-9-11-22(28)4)40(38,39)24-12-7-6-8-13-24/h6-17,21,27H,5,18-20H2,1-4H3,(H,33,37). The lowest BCUT2D eigenvalue weighted by Crippen LogP contribution is -2.52. The van der Waals surface area contributed by atoms with E-state index in [2.05, 4.69) is 5.32 Å². The van der Waals surface area contributed by atoms with Crippen molar-refractivity contribution >= 4 is 50.7 Å². The van der Waals surface area contributed by atoms with E-state index in [0.717, 1.165) is 4.31 Å². The average Bonchev–Trinajstić information content (AvgIpc) is 2.93. The molecule has 0 aliphatic rings. The molecule has 0 heterocycles. The number of para-hydroxylation sites is 1. The molecule has 10 heteroatoms. The second-order valence-corrected chi connectivity index (χ2v) is 12.6. The minimum atomic E-state index is -4.12. The maximum absolute atomic E-state index is 14.1. The quantitative estimate of drug-likeness (QED) is 0.272. The summed E-state index contributed by atoms with van der Waals surface area (Å²) in [6.45, 7) is 7.54. The number of nitrogens with one attached hydrogen (secondary N) is 1. The van der Waals surface area contributed by atoms with Gasteiger partial charge in [-0.1, -0.05) is 86.4 Å². The Balaban J connectivity index is 2.06. The van der Waals surface area contributed by atoms with Crippen molar-refractivity contribution in [1.82, 2.24) is 10.2 Å². The molecule has 0 spiro atoms. The average molecular weight is 605 g/mol. The van der Waals surface area contributed by atoms with E-state index in [1.807, 2.05) is 20.8 Å². The number of carbonyl (C=O) groups is 2. The van der Waals surface area contributed by atoms with Gasteiger partial charge in [0.1, 0.15) is 12.6 Å². The van der Waals surface area contributed by atoms with Gasteiger partial charge in [0.05, 0.1) is 20.6 Å². The van der Waals surface area contributed by atoms with Crippen molar-refractivity contribution in [2.24, 2.45) is 5.92 Å². The van der Waals surface area contributed by atoms with E-state index in [9.17, 15) is 18.0 Å². The molecule has 3 aromatic carbocycles. The molecule has 214 valence electrons. The molecular formula is C30H35Cl2N3O4S. The number of hydrogen-bond acceptors (Lipinski definition) is 4. The highest BCUT2D eigenvalue weighted by Crippen LogP contribution is 2.28. The fourth-order valence-electron chi connectivity index (χ4n) is 4.25. The normalized spacial score (nSPS) is 12.2. The number of rotatable bonds is 12. The van der Waals surface area contributed by atoms with Gasteiger partial charge in [0.25, 0.3) is 10.0 Å². The number of hydrogen-bond donors (Lipinski definition) is 1. The van der Waals surface area contributed by atoms with E-state index in [1.54, 1.807) is 67.6 Å². The highest BCUT2D eigenvalue weighted by Gasteiger charge is 2.34. The summed E-state index contributed by atoms with van der Waals surface area (Å²) in [4.78, 5) is 28.9. The summed E-state index contributed by atoms with van der Waals surface area (Å²) in [6.07, 6.45) is 0.326. The maximum Gasteiger partial charge on any atom is 0.264 e. The zero-order valence-electron chi connectivity index (χ0n) is 23.1. The first-order valence-corrected chi connectivity index (χ1v) is 15.3. The zero-order valence-corrected chi connectivity index (χ0v) is 25.4. The zero-order chi connectivity index (χ0) is 29.4. The van der Waals surface area contributed by atoms with Crippen LogP contribution in [0.4, 0.5) is 5.69 Å². The van der Waals surface area contributed by atoms with Crippen LogP contribution in [0.15, 0.2) is 77.7 Å². The number of nitrogens with zero attached hydrogens (tertiary/aromatic N) is 2.